The summed E-state index contributed by atoms with van der Waals surface area (Å²) in [7, 11) is 0. The Morgan fingerprint density at radius 3 is 2.43 bits per heavy atom. The Morgan fingerprint density at radius 1 is 0.714 bits per heavy atom. The highest BCUT2D eigenvalue weighted by Gasteiger charge is 2.13. The van der Waals surface area contributed by atoms with E-state index in [1.54, 1.807) is 11.3 Å². The number of rotatable bonds is 2. The minimum Gasteiger partial charge on any atom is -0.309 e. The molecule has 3 heterocycles. The highest BCUT2D eigenvalue weighted by Crippen LogP contribution is 2.36. The van der Waals surface area contributed by atoms with Crippen molar-refractivity contribution in [2.45, 2.75) is 0 Å². The Labute approximate surface area is 166 Å². The number of benzene rings is 3. The molecule has 3 aromatic heterocycles. The number of hydrogen-bond donors (Lipinski definition) is 0. The van der Waals surface area contributed by atoms with Gasteiger partial charge in [0, 0.05) is 32.9 Å². The van der Waals surface area contributed by atoms with Crippen molar-refractivity contribution in [2.24, 2.45) is 0 Å². The lowest BCUT2D eigenvalue weighted by Crippen LogP contribution is -1.93. The molecule has 0 aliphatic carbocycles. The van der Waals surface area contributed by atoms with Gasteiger partial charge in [0.25, 0.3) is 0 Å². The van der Waals surface area contributed by atoms with Crippen LogP contribution in [0.1, 0.15) is 0 Å². The number of pyridine rings is 1. The molecule has 0 radical (unpaired) electrons. The lowest BCUT2D eigenvalue weighted by molar-refractivity contribution is 1.18. The molecule has 132 valence electrons. The van der Waals surface area contributed by atoms with Gasteiger partial charge >= 0.3 is 0 Å². The maximum absolute atomic E-state index is 4.46. The second kappa shape index (κ2) is 6.04. The molecule has 0 saturated heterocycles. The number of nitrogens with zero attached hydrogens (tertiary/aromatic N) is 2. The maximum atomic E-state index is 4.46. The second-order valence-corrected chi connectivity index (χ2v) is 7.89. The molecule has 6 aromatic rings. The molecule has 0 N–H and O–H groups in total. The Balaban J connectivity index is 1.62. The SMILES string of the molecule is c1ccc(-c2ccc(-n3c4ccccc4c4cc5ccsc5cc43)cc2)nc1. The van der Waals surface area contributed by atoms with Crippen LogP contribution in [0.2, 0.25) is 0 Å². The monoisotopic (exact) mass is 376 g/mol. The third-order valence-corrected chi connectivity index (χ3v) is 6.21. The molecular formula is C25H16N2S. The van der Waals surface area contributed by atoms with E-state index in [2.05, 4.69) is 81.7 Å². The molecule has 0 aliphatic rings. The molecule has 0 spiro atoms. The Bertz CT molecular complexity index is 1440. The zero-order valence-electron chi connectivity index (χ0n) is 15.0. The van der Waals surface area contributed by atoms with Gasteiger partial charge in [0.05, 0.1) is 16.7 Å². The fourth-order valence-corrected chi connectivity index (χ4v) is 4.82. The van der Waals surface area contributed by atoms with Crippen LogP contribution in [-0.4, -0.2) is 9.55 Å². The average molecular weight is 376 g/mol. The first kappa shape index (κ1) is 15.6. The van der Waals surface area contributed by atoms with Crippen molar-refractivity contribution in [1.29, 1.82) is 0 Å². The molecule has 6 rings (SSSR count). The fourth-order valence-electron chi connectivity index (χ4n) is 4.02. The molecule has 2 nitrogen and oxygen atoms in total. The summed E-state index contributed by atoms with van der Waals surface area (Å²) >= 11 is 1.79. The van der Waals surface area contributed by atoms with Crippen molar-refractivity contribution in [3.63, 3.8) is 0 Å². The summed E-state index contributed by atoms with van der Waals surface area (Å²) in [6.45, 7) is 0. The van der Waals surface area contributed by atoms with Crippen LogP contribution in [-0.2, 0) is 0 Å². The van der Waals surface area contributed by atoms with Crippen molar-refractivity contribution >= 4 is 43.2 Å². The highest BCUT2D eigenvalue weighted by atomic mass is 32.1. The number of hydrogen-bond acceptors (Lipinski definition) is 2. The summed E-state index contributed by atoms with van der Waals surface area (Å²) in [6, 6.07) is 30.2. The summed E-state index contributed by atoms with van der Waals surface area (Å²) in [5.74, 6) is 0. The van der Waals surface area contributed by atoms with Gasteiger partial charge < -0.3 is 4.57 Å². The topological polar surface area (TPSA) is 17.8 Å². The lowest BCUT2D eigenvalue weighted by atomic mass is 10.1. The van der Waals surface area contributed by atoms with Crippen LogP contribution < -0.4 is 0 Å². The van der Waals surface area contributed by atoms with E-state index in [0.29, 0.717) is 0 Å². The molecular weight excluding hydrogens is 360 g/mol. The Hall–Kier alpha value is -3.43. The molecule has 0 bridgehead atoms. The zero-order valence-corrected chi connectivity index (χ0v) is 15.9. The van der Waals surface area contributed by atoms with E-state index in [1.165, 1.54) is 37.6 Å². The van der Waals surface area contributed by atoms with Gasteiger partial charge in [-0.1, -0.05) is 36.4 Å². The summed E-state index contributed by atoms with van der Waals surface area (Å²) in [5, 5.41) is 6.07. The van der Waals surface area contributed by atoms with Crippen LogP contribution in [0.3, 0.4) is 0 Å². The summed E-state index contributed by atoms with van der Waals surface area (Å²) in [6.07, 6.45) is 1.84. The van der Waals surface area contributed by atoms with Gasteiger partial charge in [-0.15, -0.1) is 11.3 Å². The van der Waals surface area contributed by atoms with Crippen LogP contribution in [0.25, 0.3) is 48.8 Å². The molecule has 0 saturated carbocycles. The maximum Gasteiger partial charge on any atom is 0.0701 e. The zero-order chi connectivity index (χ0) is 18.5. The summed E-state index contributed by atoms with van der Waals surface area (Å²) < 4.78 is 3.69. The third-order valence-electron chi connectivity index (χ3n) is 5.33. The second-order valence-electron chi connectivity index (χ2n) is 6.94. The molecule has 3 aromatic carbocycles. The fraction of sp³-hybridized carbons (Fsp3) is 0. The van der Waals surface area contributed by atoms with E-state index in [1.807, 2.05) is 24.4 Å². The number of thiophene rings is 1. The summed E-state index contributed by atoms with van der Waals surface area (Å²) in [5.41, 5.74) is 5.78. The first-order chi connectivity index (χ1) is 13.9. The van der Waals surface area contributed by atoms with Crippen molar-refractivity contribution in [3.8, 4) is 16.9 Å². The molecule has 0 atom stereocenters. The predicted molar refractivity (Wildman–Crippen MR) is 119 cm³/mol. The van der Waals surface area contributed by atoms with Gasteiger partial charge in [-0.3, -0.25) is 4.98 Å². The number of aromatic nitrogens is 2. The van der Waals surface area contributed by atoms with E-state index in [-0.39, 0.29) is 0 Å². The minimum atomic E-state index is 0.997. The summed E-state index contributed by atoms with van der Waals surface area (Å²) in [4.78, 5) is 4.46. The Morgan fingerprint density at radius 2 is 1.57 bits per heavy atom. The number of fused-ring (bicyclic) bond motifs is 4. The number of para-hydroxylation sites is 1. The smallest absolute Gasteiger partial charge is 0.0701 e. The van der Waals surface area contributed by atoms with Gasteiger partial charge in [0.15, 0.2) is 0 Å². The van der Waals surface area contributed by atoms with Crippen molar-refractivity contribution in [3.05, 3.63) is 96.5 Å². The first-order valence-corrected chi connectivity index (χ1v) is 10.2. The molecule has 0 aliphatic heterocycles. The van der Waals surface area contributed by atoms with E-state index in [0.717, 1.165) is 11.3 Å². The van der Waals surface area contributed by atoms with Gasteiger partial charge in [-0.2, -0.15) is 0 Å². The standard InChI is InChI=1S/C25H16N2S/c1-2-7-23-20(5-1)21-15-18-12-14-28-25(18)16-24(21)27(23)19-10-8-17(9-11-19)22-6-3-4-13-26-22/h1-16H. The van der Waals surface area contributed by atoms with E-state index in [9.17, 15) is 0 Å². The predicted octanol–water partition coefficient (Wildman–Crippen LogP) is 7.06. The molecule has 0 fully saturated rings. The quantitative estimate of drug-likeness (QED) is 0.316. The normalized spacial score (nSPS) is 11.6. The lowest BCUT2D eigenvalue weighted by Gasteiger charge is -2.09. The van der Waals surface area contributed by atoms with Crippen LogP contribution in [0.5, 0.6) is 0 Å². The van der Waals surface area contributed by atoms with Crippen LogP contribution in [0.15, 0.2) is 96.5 Å². The van der Waals surface area contributed by atoms with Gasteiger partial charge in [0.1, 0.15) is 0 Å². The molecule has 0 unspecified atom stereocenters. The van der Waals surface area contributed by atoms with Gasteiger partial charge in [0.2, 0.25) is 0 Å². The van der Waals surface area contributed by atoms with E-state index < -0.39 is 0 Å². The largest absolute Gasteiger partial charge is 0.309 e. The third kappa shape index (κ3) is 2.30. The molecule has 3 heteroatoms. The highest BCUT2D eigenvalue weighted by molar-refractivity contribution is 7.17. The van der Waals surface area contributed by atoms with Crippen LogP contribution >= 0.6 is 11.3 Å². The minimum absolute atomic E-state index is 0.997. The van der Waals surface area contributed by atoms with Crippen molar-refractivity contribution in [1.82, 2.24) is 9.55 Å². The van der Waals surface area contributed by atoms with Crippen molar-refractivity contribution in [2.75, 3.05) is 0 Å². The molecule has 0 amide bonds. The van der Waals surface area contributed by atoms with E-state index >= 15 is 0 Å². The molecule has 28 heavy (non-hydrogen) atoms. The van der Waals surface area contributed by atoms with E-state index in [4.69, 9.17) is 0 Å². The van der Waals surface area contributed by atoms with Crippen LogP contribution in [0.4, 0.5) is 0 Å². The van der Waals surface area contributed by atoms with Gasteiger partial charge in [-0.05, 0) is 59.3 Å². The Kier molecular flexibility index (Phi) is 3.37. The average Bonchev–Trinajstić information content (AvgIpc) is 3.35. The van der Waals surface area contributed by atoms with Crippen molar-refractivity contribution < 1.29 is 0 Å². The van der Waals surface area contributed by atoms with Crippen LogP contribution in [0, 0.1) is 0 Å². The first-order valence-electron chi connectivity index (χ1n) is 9.31. The van der Waals surface area contributed by atoms with Gasteiger partial charge in [-0.25, -0.2) is 0 Å².